The summed E-state index contributed by atoms with van der Waals surface area (Å²) in [6.45, 7) is 4.80. The lowest BCUT2D eigenvalue weighted by Crippen LogP contribution is -2.44. The molecule has 0 saturated heterocycles. The zero-order valence-corrected chi connectivity index (χ0v) is 24.8. The van der Waals surface area contributed by atoms with Crippen molar-refractivity contribution in [1.29, 1.82) is 0 Å². The van der Waals surface area contributed by atoms with Gasteiger partial charge in [0.2, 0.25) is 0 Å². The lowest BCUT2D eigenvalue weighted by Gasteiger charge is -2.24. The van der Waals surface area contributed by atoms with Gasteiger partial charge in [-0.25, -0.2) is 9.98 Å². The molecule has 206 valence electrons. The van der Waals surface area contributed by atoms with Gasteiger partial charge in [-0.2, -0.15) is 0 Å². The average Bonchev–Trinajstić information content (AvgIpc) is 2.88. The van der Waals surface area contributed by atoms with Gasteiger partial charge in [0.05, 0.1) is 32.1 Å². The number of hydrogen-bond donors (Lipinski definition) is 2. The second-order valence-electron chi connectivity index (χ2n) is 8.37. The van der Waals surface area contributed by atoms with E-state index < -0.39 is 0 Å². The van der Waals surface area contributed by atoms with Crippen molar-refractivity contribution in [3.05, 3.63) is 74.2 Å². The lowest BCUT2D eigenvalue weighted by atomic mass is 10.1. The van der Waals surface area contributed by atoms with Crippen LogP contribution in [0, 0.1) is 6.92 Å². The van der Waals surface area contributed by atoms with Crippen molar-refractivity contribution in [3.63, 3.8) is 0 Å². The van der Waals surface area contributed by atoms with Gasteiger partial charge in [-0.15, -0.1) is 0 Å². The Morgan fingerprint density at radius 1 is 0.974 bits per heavy atom. The molecule has 0 aromatic heterocycles. The maximum atomic E-state index is 12.4. The Morgan fingerprint density at radius 2 is 1.67 bits per heavy atom. The first-order chi connectivity index (χ1) is 18.6. The van der Waals surface area contributed by atoms with Crippen LogP contribution >= 0.6 is 46.4 Å². The molecule has 0 heterocycles. The predicted molar refractivity (Wildman–Crippen MR) is 165 cm³/mol. The molecular formula is C27H28Cl4N6O2. The van der Waals surface area contributed by atoms with Crippen molar-refractivity contribution in [2.45, 2.75) is 13.8 Å². The fourth-order valence-electron chi connectivity index (χ4n) is 3.54. The van der Waals surface area contributed by atoms with Gasteiger partial charge >= 0.3 is 0 Å². The SMILES string of the molecule is CCN(C)c1ccc(N=C(C=O)C(=Nc2cc(OCN)ccc2Cl)NN(C)c2c(Cl)cc(Cl)cc2Cl)c(C)c1. The van der Waals surface area contributed by atoms with Crippen LogP contribution in [0.3, 0.4) is 0 Å². The van der Waals surface area contributed by atoms with Crippen LogP contribution in [0.5, 0.6) is 5.75 Å². The molecule has 3 aromatic carbocycles. The number of aryl methyl sites for hydroxylation is 1. The number of carbonyl (C=O) groups is 1. The number of aliphatic imine (C=N–C) groups is 2. The first kappa shape index (κ1) is 30.5. The van der Waals surface area contributed by atoms with Crippen LogP contribution in [0.4, 0.5) is 22.7 Å². The monoisotopic (exact) mass is 608 g/mol. The maximum absolute atomic E-state index is 12.4. The van der Waals surface area contributed by atoms with Crippen LogP contribution in [-0.4, -0.2) is 45.2 Å². The number of halogens is 4. The Morgan fingerprint density at radius 3 is 2.26 bits per heavy atom. The molecule has 8 nitrogen and oxygen atoms in total. The summed E-state index contributed by atoms with van der Waals surface area (Å²) >= 11 is 25.4. The standard InChI is InChI=1S/C27H28Cl4N6O2/c1-5-36(3)18-6-9-23(16(2)10-18)33-25(14-38)27(34-24-13-19(39-15-32)7-8-20(24)29)35-37(4)26-21(30)11-17(28)12-22(26)31/h6-14H,5,15,32H2,1-4H3,(H,34,35). The fourth-order valence-corrected chi connectivity index (χ4v) is 4.77. The highest BCUT2D eigenvalue weighted by atomic mass is 35.5. The van der Waals surface area contributed by atoms with Crippen molar-refractivity contribution in [3.8, 4) is 5.75 Å². The third kappa shape index (κ3) is 7.77. The molecule has 0 aliphatic carbocycles. The molecule has 0 aliphatic rings. The number of carbonyl (C=O) groups excluding carboxylic acids is 1. The summed E-state index contributed by atoms with van der Waals surface area (Å²) in [7, 11) is 3.66. The Bertz CT molecular complexity index is 1390. The minimum absolute atomic E-state index is 0.00367. The van der Waals surface area contributed by atoms with Crippen molar-refractivity contribution in [1.82, 2.24) is 5.43 Å². The number of ether oxygens (including phenoxy) is 1. The third-order valence-electron chi connectivity index (χ3n) is 5.68. The summed E-state index contributed by atoms with van der Waals surface area (Å²) in [4.78, 5) is 23.8. The summed E-state index contributed by atoms with van der Waals surface area (Å²) < 4.78 is 5.38. The van der Waals surface area contributed by atoms with Crippen molar-refractivity contribution >= 4 is 87.0 Å². The number of benzene rings is 3. The highest BCUT2D eigenvalue weighted by Gasteiger charge is 2.18. The van der Waals surface area contributed by atoms with Crippen LogP contribution in [0.15, 0.2) is 58.5 Å². The molecule has 0 aliphatic heterocycles. The number of amidine groups is 1. The smallest absolute Gasteiger partial charge is 0.174 e. The number of hydrazine groups is 1. The van der Waals surface area contributed by atoms with E-state index in [4.69, 9.17) is 56.9 Å². The molecule has 0 bridgehead atoms. The molecule has 0 unspecified atom stereocenters. The molecule has 0 saturated carbocycles. The zero-order valence-electron chi connectivity index (χ0n) is 21.8. The molecule has 3 N–H and O–H groups in total. The molecule has 12 heteroatoms. The van der Waals surface area contributed by atoms with Crippen LogP contribution in [-0.2, 0) is 4.79 Å². The number of anilines is 2. The van der Waals surface area contributed by atoms with E-state index in [1.807, 2.05) is 32.2 Å². The van der Waals surface area contributed by atoms with E-state index in [9.17, 15) is 4.79 Å². The molecule has 0 spiro atoms. The minimum Gasteiger partial charge on any atom is -0.479 e. The summed E-state index contributed by atoms with van der Waals surface area (Å²) in [6.07, 6.45) is 0.602. The minimum atomic E-state index is -0.0320. The Labute approximate surface area is 247 Å². The highest BCUT2D eigenvalue weighted by Crippen LogP contribution is 2.36. The second kappa shape index (κ2) is 13.9. The van der Waals surface area contributed by atoms with Crippen LogP contribution in [0.2, 0.25) is 20.1 Å². The average molecular weight is 610 g/mol. The number of nitrogens with two attached hydrogens (primary N) is 1. The van der Waals surface area contributed by atoms with Crippen LogP contribution in [0.25, 0.3) is 0 Å². The number of nitrogens with one attached hydrogen (secondary N) is 1. The summed E-state index contributed by atoms with van der Waals surface area (Å²) in [5.74, 6) is 0.531. The zero-order chi connectivity index (χ0) is 28.7. The molecule has 39 heavy (non-hydrogen) atoms. The number of hydrogen-bond acceptors (Lipinski definition) is 7. The third-order valence-corrected chi connectivity index (χ3v) is 6.80. The first-order valence-electron chi connectivity index (χ1n) is 11.8. The summed E-state index contributed by atoms with van der Waals surface area (Å²) in [5.41, 5.74) is 11.8. The van der Waals surface area contributed by atoms with E-state index in [1.165, 1.54) is 5.01 Å². The van der Waals surface area contributed by atoms with Gasteiger partial charge in [-0.3, -0.25) is 21.0 Å². The Hall–Kier alpha value is -3.01. The second-order valence-corrected chi connectivity index (χ2v) is 10.0. The quantitative estimate of drug-likeness (QED) is 0.0844. The van der Waals surface area contributed by atoms with Gasteiger partial charge in [0.25, 0.3) is 0 Å². The molecule has 0 radical (unpaired) electrons. The van der Waals surface area contributed by atoms with Crippen LogP contribution in [0.1, 0.15) is 12.5 Å². The lowest BCUT2D eigenvalue weighted by molar-refractivity contribution is -0.102. The molecule has 3 aromatic rings. The van der Waals surface area contributed by atoms with Gasteiger partial charge in [0.1, 0.15) is 18.2 Å². The molecule has 3 rings (SSSR count). The number of aldehydes is 1. The van der Waals surface area contributed by atoms with Crippen molar-refractivity contribution < 1.29 is 9.53 Å². The molecule has 0 atom stereocenters. The molecular weight excluding hydrogens is 582 g/mol. The first-order valence-corrected chi connectivity index (χ1v) is 13.3. The van der Waals surface area contributed by atoms with Crippen molar-refractivity contribution in [2.75, 3.05) is 37.3 Å². The molecule has 0 amide bonds. The molecule has 0 fully saturated rings. The van der Waals surface area contributed by atoms with E-state index in [-0.39, 0.29) is 28.3 Å². The summed E-state index contributed by atoms with van der Waals surface area (Å²) in [5, 5.41) is 2.78. The Balaban J connectivity index is 2.14. The summed E-state index contributed by atoms with van der Waals surface area (Å²) in [6, 6.07) is 13.8. The van der Waals surface area contributed by atoms with E-state index in [2.05, 4.69) is 27.2 Å². The van der Waals surface area contributed by atoms with E-state index in [0.29, 0.717) is 39.1 Å². The van der Waals surface area contributed by atoms with Gasteiger partial charge in [-0.05, 0) is 61.9 Å². The Kier molecular flexibility index (Phi) is 10.9. The van der Waals surface area contributed by atoms with Gasteiger partial charge in [0, 0.05) is 37.4 Å². The number of nitrogens with zero attached hydrogens (tertiary/aromatic N) is 4. The van der Waals surface area contributed by atoms with E-state index >= 15 is 0 Å². The predicted octanol–water partition coefficient (Wildman–Crippen LogP) is 7.00. The van der Waals surface area contributed by atoms with Gasteiger partial charge in [0.15, 0.2) is 12.1 Å². The van der Waals surface area contributed by atoms with E-state index in [1.54, 1.807) is 37.4 Å². The van der Waals surface area contributed by atoms with Crippen molar-refractivity contribution in [2.24, 2.45) is 15.7 Å². The maximum Gasteiger partial charge on any atom is 0.174 e. The normalized spacial score (nSPS) is 11.8. The number of rotatable bonds is 10. The highest BCUT2D eigenvalue weighted by molar-refractivity contribution is 6.62. The topological polar surface area (TPSA) is 95.5 Å². The van der Waals surface area contributed by atoms with Crippen LogP contribution < -0.4 is 25.8 Å². The van der Waals surface area contributed by atoms with Gasteiger partial charge < -0.3 is 9.64 Å². The fraction of sp³-hybridized carbons (Fsp3) is 0.222. The van der Waals surface area contributed by atoms with E-state index in [0.717, 1.165) is 17.8 Å². The largest absolute Gasteiger partial charge is 0.479 e. The van der Waals surface area contributed by atoms with Gasteiger partial charge in [-0.1, -0.05) is 46.4 Å².